The molecule has 0 fully saturated rings. The highest BCUT2D eigenvalue weighted by molar-refractivity contribution is 7.46. The molecule has 18 heteroatoms. The first-order chi connectivity index (χ1) is 22.6. The molecule has 0 saturated carbocycles. The molecule has 6 atom stereocenters. The first-order valence-electron chi connectivity index (χ1n) is 14.8. The van der Waals surface area contributed by atoms with E-state index in [-0.39, 0.29) is 18.3 Å². The molecule has 1 aliphatic rings. The van der Waals surface area contributed by atoms with E-state index in [9.17, 15) is 19.3 Å². The highest BCUT2D eigenvalue weighted by Crippen LogP contribution is 2.40. The van der Waals surface area contributed by atoms with Gasteiger partial charge >= 0.3 is 7.82 Å². The van der Waals surface area contributed by atoms with Crippen molar-refractivity contribution in [3.63, 3.8) is 0 Å². The zero-order valence-corrected chi connectivity index (χ0v) is 27.6. The number of rotatable bonds is 12. The second-order valence-electron chi connectivity index (χ2n) is 11.1. The maximum Gasteiger partial charge on any atom is 0.470 e. The second-order valence-corrected chi connectivity index (χ2v) is 12.3. The molecule has 4 rings (SSSR count). The summed E-state index contributed by atoms with van der Waals surface area (Å²) in [6, 6.07) is 8.59. The Labute approximate surface area is 276 Å². The minimum Gasteiger partial charge on any atom is -0.459 e. The van der Waals surface area contributed by atoms with Gasteiger partial charge in [-0.15, -0.1) is 0 Å². The Balaban J connectivity index is 0.000000408. The zero-order valence-electron chi connectivity index (χ0n) is 26.7. The van der Waals surface area contributed by atoms with Gasteiger partial charge in [-0.3, -0.25) is 14.1 Å². The normalized spacial score (nSPS) is 18.9. The molecule has 264 valence electrons. The smallest absolute Gasteiger partial charge is 0.459 e. The fraction of sp³-hybridized carbons (Fsp3) is 0.433. The van der Waals surface area contributed by atoms with Crippen LogP contribution in [-0.4, -0.2) is 121 Å². The van der Waals surface area contributed by atoms with Gasteiger partial charge in [0.25, 0.3) is 5.91 Å². The largest absolute Gasteiger partial charge is 0.470 e. The summed E-state index contributed by atoms with van der Waals surface area (Å²) in [5.74, 6) is -0.0899. The summed E-state index contributed by atoms with van der Waals surface area (Å²) in [7, 11) is -1.63. The zero-order chi connectivity index (χ0) is 35.8. The Morgan fingerprint density at radius 1 is 1.19 bits per heavy atom. The number of phosphoric acid groups is 1. The number of nitrogens with one attached hydrogen (secondary N) is 3. The predicted molar refractivity (Wildman–Crippen MR) is 174 cm³/mol. The van der Waals surface area contributed by atoms with Gasteiger partial charge in [0, 0.05) is 36.8 Å². The van der Waals surface area contributed by atoms with E-state index in [2.05, 4.69) is 25.5 Å². The van der Waals surface area contributed by atoms with E-state index in [4.69, 9.17) is 34.6 Å². The van der Waals surface area contributed by atoms with E-state index in [1.165, 1.54) is 17.2 Å². The minimum absolute atomic E-state index is 0.0936. The van der Waals surface area contributed by atoms with Crippen molar-refractivity contribution in [1.29, 1.82) is 0 Å². The monoisotopic (exact) mass is 695 g/mol. The van der Waals surface area contributed by atoms with Gasteiger partial charge < -0.3 is 60.6 Å². The van der Waals surface area contributed by atoms with Crippen molar-refractivity contribution in [3.05, 3.63) is 59.5 Å². The molecule has 1 aliphatic heterocycles. The molecule has 48 heavy (non-hydrogen) atoms. The van der Waals surface area contributed by atoms with Crippen molar-refractivity contribution in [1.82, 2.24) is 15.2 Å². The number of furan rings is 1. The van der Waals surface area contributed by atoms with E-state index in [1.54, 1.807) is 33.2 Å². The number of benzene rings is 1. The second kappa shape index (κ2) is 17.1. The van der Waals surface area contributed by atoms with Crippen LogP contribution in [0.3, 0.4) is 0 Å². The topological polar surface area (TPSA) is 267 Å². The number of pyridine rings is 1. The van der Waals surface area contributed by atoms with Crippen LogP contribution in [0.1, 0.15) is 23.8 Å². The van der Waals surface area contributed by atoms with Gasteiger partial charge in [-0.1, -0.05) is 18.2 Å². The number of hydrogen-bond acceptors (Lipinski definition) is 13. The summed E-state index contributed by atoms with van der Waals surface area (Å²) in [6.07, 6.45) is -2.63. The van der Waals surface area contributed by atoms with Gasteiger partial charge in [-0.05, 0) is 44.7 Å². The maximum atomic E-state index is 12.7. The standard InChI is InChI=1S/C23H25N4O7P.C7H17NO5/c1-13-16-6-4-5-7-18(16)33-19(13)12-27(3)20(28)9-8-15-10-17-22(24-11-15)26-23(29)21(14(2)25-17)34-35(30,31)32;1-8-2-4(10)6(12)7(13)5(11)3-9/h4-11,14,21,25H,12H2,1-3H3,(H,24,26,29)(H2,30,31,32);4-13H,2-3H2,1H3/b9-8+;/t14-,21+;/m1./s1. The number of amides is 2. The summed E-state index contributed by atoms with van der Waals surface area (Å²) in [5.41, 5.74) is 2.76. The molecule has 0 bridgehead atoms. The highest BCUT2D eigenvalue weighted by Gasteiger charge is 2.36. The van der Waals surface area contributed by atoms with Crippen LogP contribution in [0, 0.1) is 6.92 Å². The van der Waals surface area contributed by atoms with Crippen LogP contribution >= 0.6 is 7.82 Å². The molecule has 0 radical (unpaired) electrons. The predicted octanol–water partition coefficient (Wildman–Crippen LogP) is -0.320. The van der Waals surface area contributed by atoms with E-state index >= 15 is 0 Å². The van der Waals surface area contributed by atoms with E-state index in [0.29, 0.717) is 23.6 Å². The number of carbonyl (C=O) groups is 2. The van der Waals surface area contributed by atoms with E-state index in [0.717, 1.165) is 16.5 Å². The Kier molecular flexibility index (Phi) is 13.8. The number of anilines is 2. The summed E-state index contributed by atoms with van der Waals surface area (Å²) in [6.45, 7) is 3.24. The molecule has 2 amide bonds. The third kappa shape index (κ3) is 10.4. The van der Waals surface area contributed by atoms with Crippen molar-refractivity contribution < 1.29 is 58.4 Å². The van der Waals surface area contributed by atoms with Crippen LogP contribution in [0.15, 0.2) is 47.0 Å². The number of fused-ring (bicyclic) bond motifs is 2. The number of aliphatic hydroxyl groups is 5. The van der Waals surface area contributed by atoms with Crippen molar-refractivity contribution in [2.24, 2.45) is 0 Å². The number of nitrogens with zero attached hydrogens (tertiary/aromatic N) is 2. The lowest BCUT2D eigenvalue weighted by molar-refractivity contribution is -0.125. The van der Waals surface area contributed by atoms with Crippen LogP contribution in [0.25, 0.3) is 17.0 Å². The van der Waals surface area contributed by atoms with E-state index < -0.39 is 56.9 Å². The van der Waals surface area contributed by atoms with Crippen LogP contribution < -0.4 is 16.0 Å². The summed E-state index contributed by atoms with van der Waals surface area (Å²) in [4.78, 5) is 48.9. The Morgan fingerprint density at radius 2 is 1.85 bits per heavy atom. The SMILES string of the molecule is CNCC(O)C(O)C(O)C(O)CO.Cc1c(CN(C)C(=O)/C=C/c2cnc3c(c2)N[C@H](C)[C@H](OP(=O)(O)O)C(=O)N3)oc2ccccc12. The number of hydrogen-bond donors (Lipinski definition) is 10. The van der Waals surface area contributed by atoms with Gasteiger partial charge in [0.15, 0.2) is 11.9 Å². The molecular formula is C30H42N5O12P. The minimum atomic E-state index is -4.88. The molecular weight excluding hydrogens is 653 g/mol. The average molecular weight is 696 g/mol. The lowest BCUT2D eigenvalue weighted by atomic mass is 10.0. The molecule has 2 aromatic heterocycles. The van der Waals surface area contributed by atoms with Gasteiger partial charge in [0.2, 0.25) is 5.91 Å². The Hall–Kier alpha value is -3.74. The third-order valence-corrected chi connectivity index (χ3v) is 7.86. The molecule has 17 nitrogen and oxygen atoms in total. The van der Waals surface area contributed by atoms with Crippen LogP contribution in [0.5, 0.6) is 0 Å². The van der Waals surface area contributed by atoms with Crippen molar-refractivity contribution in [2.45, 2.75) is 57.0 Å². The van der Waals surface area contributed by atoms with Crippen molar-refractivity contribution >= 4 is 48.2 Å². The number of para-hydroxylation sites is 1. The Morgan fingerprint density at radius 3 is 2.48 bits per heavy atom. The van der Waals surface area contributed by atoms with Crippen molar-refractivity contribution in [2.75, 3.05) is 37.9 Å². The first-order valence-corrected chi connectivity index (χ1v) is 16.3. The van der Waals surface area contributed by atoms with Gasteiger partial charge in [-0.25, -0.2) is 9.55 Å². The first kappa shape index (κ1) is 38.7. The number of carbonyl (C=O) groups excluding carboxylic acids is 2. The summed E-state index contributed by atoms with van der Waals surface area (Å²) < 4.78 is 21.7. The average Bonchev–Trinajstić information content (AvgIpc) is 3.30. The van der Waals surface area contributed by atoms with Crippen LogP contribution in [-0.2, 0) is 25.2 Å². The molecule has 0 aliphatic carbocycles. The maximum absolute atomic E-state index is 12.7. The lowest BCUT2D eigenvalue weighted by Crippen LogP contribution is -2.48. The number of aromatic nitrogens is 1. The molecule has 1 aromatic carbocycles. The van der Waals surface area contributed by atoms with Gasteiger partial charge in [-0.2, -0.15) is 0 Å². The summed E-state index contributed by atoms with van der Waals surface area (Å²) in [5, 5.41) is 53.9. The fourth-order valence-electron chi connectivity index (χ4n) is 4.66. The molecule has 10 N–H and O–H groups in total. The number of aryl methyl sites for hydroxylation is 1. The van der Waals surface area contributed by atoms with E-state index in [1.807, 2.05) is 31.2 Å². The quantitative estimate of drug-likeness (QED) is 0.0860. The molecule has 3 aromatic rings. The number of aliphatic hydroxyl groups excluding tert-OH is 5. The lowest BCUT2D eigenvalue weighted by Gasteiger charge is -2.25. The number of likely N-dealkylation sites (N-methyl/N-ethyl adjacent to an activating group) is 2. The number of phosphoric ester groups is 1. The van der Waals surface area contributed by atoms with Crippen molar-refractivity contribution in [3.8, 4) is 0 Å². The third-order valence-electron chi connectivity index (χ3n) is 7.35. The fourth-order valence-corrected chi connectivity index (χ4v) is 5.24. The van der Waals surface area contributed by atoms with Crippen LogP contribution in [0.2, 0.25) is 0 Å². The molecule has 0 saturated heterocycles. The Bertz CT molecular complexity index is 1630. The molecule has 3 heterocycles. The van der Waals surface area contributed by atoms with Gasteiger partial charge in [0.1, 0.15) is 29.7 Å². The highest BCUT2D eigenvalue weighted by atomic mass is 31.2. The summed E-state index contributed by atoms with van der Waals surface area (Å²) >= 11 is 0. The molecule has 0 spiro atoms. The molecule has 4 unspecified atom stereocenters. The van der Waals surface area contributed by atoms with Gasteiger partial charge in [0.05, 0.1) is 31.0 Å². The van der Waals surface area contributed by atoms with Crippen LogP contribution in [0.4, 0.5) is 11.5 Å².